The smallest absolute Gasteiger partial charge is 0.251 e. The first kappa shape index (κ1) is 19.4. The number of carbonyl (C=O) groups excluding carboxylic acids is 1. The third kappa shape index (κ3) is 3.93. The quantitative estimate of drug-likeness (QED) is 0.456. The molecule has 0 radical (unpaired) electrons. The minimum atomic E-state index is -0.102. The Bertz CT molecular complexity index is 1200. The summed E-state index contributed by atoms with van der Waals surface area (Å²) in [5.74, 6) is 1.49. The highest BCUT2D eigenvalue weighted by molar-refractivity contribution is 5.95. The summed E-state index contributed by atoms with van der Waals surface area (Å²) in [6, 6.07) is 14.8. The SMILES string of the molecule is CCCNC(=O)c1cccc(Nc2nc3ccccn3c2-c2cc(N)nc(C)n2)c1. The zero-order valence-electron chi connectivity index (χ0n) is 16.9. The van der Waals surface area contributed by atoms with E-state index in [1.807, 2.05) is 47.9 Å². The summed E-state index contributed by atoms with van der Waals surface area (Å²) in [7, 11) is 0. The number of imidazole rings is 1. The lowest BCUT2D eigenvalue weighted by Crippen LogP contribution is -2.23. The number of amides is 1. The molecule has 1 amide bonds. The van der Waals surface area contributed by atoms with Crippen molar-refractivity contribution in [2.45, 2.75) is 20.3 Å². The Labute approximate surface area is 174 Å². The van der Waals surface area contributed by atoms with E-state index in [1.165, 1.54) is 0 Å². The van der Waals surface area contributed by atoms with E-state index in [2.05, 4.69) is 20.6 Å². The highest BCUT2D eigenvalue weighted by atomic mass is 16.1. The number of nitrogens with zero attached hydrogens (tertiary/aromatic N) is 4. The van der Waals surface area contributed by atoms with Gasteiger partial charge in [0.2, 0.25) is 0 Å². The van der Waals surface area contributed by atoms with Crippen LogP contribution in [0.25, 0.3) is 17.0 Å². The number of nitrogen functional groups attached to an aromatic ring is 1. The molecule has 0 saturated heterocycles. The van der Waals surface area contributed by atoms with Gasteiger partial charge >= 0.3 is 0 Å². The third-order valence-corrected chi connectivity index (χ3v) is 4.55. The molecule has 4 rings (SSSR count). The van der Waals surface area contributed by atoms with Crippen molar-refractivity contribution >= 4 is 28.9 Å². The predicted molar refractivity (Wildman–Crippen MR) is 118 cm³/mol. The first-order valence-electron chi connectivity index (χ1n) is 9.79. The molecule has 0 aliphatic carbocycles. The van der Waals surface area contributed by atoms with Gasteiger partial charge in [0.05, 0.1) is 5.69 Å². The maximum atomic E-state index is 12.3. The van der Waals surface area contributed by atoms with Crippen molar-refractivity contribution < 1.29 is 4.79 Å². The number of hydrogen-bond donors (Lipinski definition) is 3. The average molecular weight is 401 g/mol. The van der Waals surface area contributed by atoms with Crippen LogP contribution in [0.1, 0.15) is 29.5 Å². The zero-order valence-corrected chi connectivity index (χ0v) is 16.9. The van der Waals surface area contributed by atoms with E-state index in [0.29, 0.717) is 35.3 Å². The number of benzene rings is 1. The second-order valence-electron chi connectivity index (χ2n) is 6.92. The van der Waals surface area contributed by atoms with Gasteiger partial charge in [0.1, 0.15) is 23.0 Å². The van der Waals surface area contributed by atoms with Crippen LogP contribution in [-0.2, 0) is 0 Å². The van der Waals surface area contributed by atoms with Crippen LogP contribution in [0.15, 0.2) is 54.7 Å². The Morgan fingerprint density at radius 2 is 1.97 bits per heavy atom. The molecule has 8 heteroatoms. The number of nitrogens with one attached hydrogen (secondary N) is 2. The van der Waals surface area contributed by atoms with Crippen LogP contribution >= 0.6 is 0 Å². The largest absolute Gasteiger partial charge is 0.384 e. The number of carbonyl (C=O) groups is 1. The lowest BCUT2D eigenvalue weighted by molar-refractivity contribution is 0.0953. The van der Waals surface area contributed by atoms with Crippen molar-refractivity contribution in [1.82, 2.24) is 24.7 Å². The molecule has 0 bridgehead atoms. The maximum absolute atomic E-state index is 12.3. The number of fused-ring (bicyclic) bond motifs is 1. The van der Waals surface area contributed by atoms with E-state index in [-0.39, 0.29) is 5.91 Å². The molecule has 0 aliphatic heterocycles. The molecule has 0 spiro atoms. The van der Waals surface area contributed by atoms with E-state index in [1.54, 1.807) is 25.1 Å². The van der Waals surface area contributed by atoms with Crippen molar-refractivity contribution in [2.24, 2.45) is 0 Å². The molecule has 3 heterocycles. The van der Waals surface area contributed by atoms with E-state index in [0.717, 1.165) is 23.4 Å². The molecular weight excluding hydrogens is 378 g/mol. The Hall–Kier alpha value is -3.94. The van der Waals surface area contributed by atoms with Crippen LogP contribution in [0, 0.1) is 6.92 Å². The molecule has 4 aromatic rings. The first-order valence-corrected chi connectivity index (χ1v) is 9.79. The number of rotatable bonds is 6. The molecule has 0 saturated carbocycles. The van der Waals surface area contributed by atoms with Crippen LogP contribution in [0.4, 0.5) is 17.3 Å². The summed E-state index contributed by atoms with van der Waals surface area (Å²) in [6.07, 6.45) is 2.81. The van der Waals surface area contributed by atoms with Crippen LogP contribution in [0.5, 0.6) is 0 Å². The fraction of sp³-hybridized carbons (Fsp3) is 0.182. The van der Waals surface area contributed by atoms with Crippen molar-refractivity contribution in [1.29, 1.82) is 0 Å². The number of nitrogens with two attached hydrogens (primary N) is 1. The van der Waals surface area contributed by atoms with Crippen LogP contribution < -0.4 is 16.4 Å². The van der Waals surface area contributed by atoms with Gasteiger partial charge in [-0.3, -0.25) is 9.20 Å². The van der Waals surface area contributed by atoms with Gasteiger partial charge in [0.25, 0.3) is 5.91 Å². The third-order valence-electron chi connectivity index (χ3n) is 4.55. The lowest BCUT2D eigenvalue weighted by atomic mass is 10.2. The minimum absolute atomic E-state index is 0.102. The second-order valence-corrected chi connectivity index (χ2v) is 6.92. The first-order chi connectivity index (χ1) is 14.5. The summed E-state index contributed by atoms with van der Waals surface area (Å²) in [4.78, 5) is 25.8. The Morgan fingerprint density at radius 1 is 1.10 bits per heavy atom. The molecule has 0 fully saturated rings. The number of hydrogen-bond acceptors (Lipinski definition) is 6. The molecule has 3 aromatic heterocycles. The Morgan fingerprint density at radius 3 is 2.77 bits per heavy atom. The molecule has 0 atom stereocenters. The summed E-state index contributed by atoms with van der Waals surface area (Å²) in [5, 5.41) is 6.23. The molecular formula is C22H23N7O. The summed E-state index contributed by atoms with van der Waals surface area (Å²) >= 11 is 0. The summed E-state index contributed by atoms with van der Waals surface area (Å²) < 4.78 is 1.95. The van der Waals surface area contributed by atoms with Gasteiger partial charge in [-0.05, 0) is 43.7 Å². The Balaban J connectivity index is 1.76. The molecule has 4 N–H and O–H groups in total. The molecule has 0 unspecified atom stereocenters. The predicted octanol–water partition coefficient (Wildman–Crippen LogP) is 3.57. The van der Waals surface area contributed by atoms with Gasteiger partial charge in [0.15, 0.2) is 5.82 Å². The van der Waals surface area contributed by atoms with Crippen LogP contribution in [0.3, 0.4) is 0 Å². The van der Waals surface area contributed by atoms with E-state index in [4.69, 9.17) is 10.7 Å². The zero-order chi connectivity index (χ0) is 21.1. The number of aryl methyl sites for hydroxylation is 1. The van der Waals surface area contributed by atoms with Crippen molar-refractivity contribution in [3.8, 4) is 11.4 Å². The standard InChI is InChI=1S/C22H23N7O/c1-3-10-24-22(30)15-7-6-8-16(12-15)27-21-20(17-13-18(23)26-14(2)25-17)29-11-5-4-9-19(29)28-21/h4-9,11-13,27H,3,10H2,1-2H3,(H,24,30)(H2,23,25,26). The molecule has 30 heavy (non-hydrogen) atoms. The van der Waals surface area contributed by atoms with Gasteiger partial charge in [-0.2, -0.15) is 0 Å². The van der Waals surface area contributed by atoms with Gasteiger partial charge in [-0.1, -0.05) is 19.1 Å². The molecule has 0 aliphatic rings. The number of anilines is 3. The van der Waals surface area contributed by atoms with Gasteiger partial charge in [-0.25, -0.2) is 15.0 Å². The van der Waals surface area contributed by atoms with Gasteiger partial charge in [-0.15, -0.1) is 0 Å². The summed E-state index contributed by atoms with van der Waals surface area (Å²) in [6.45, 7) is 4.46. The lowest BCUT2D eigenvalue weighted by Gasteiger charge is -2.10. The van der Waals surface area contributed by atoms with Gasteiger partial charge in [0, 0.05) is 30.1 Å². The molecule has 8 nitrogen and oxygen atoms in total. The van der Waals surface area contributed by atoms with Crippen molar-refractivity contribution in [3.63, 3.8) is 0 Å². The Kier molecular flexibility index (Phi) is 5.30. The maximum Gasteiger partial charge on any atom is 0.251 e. The fourth-order valence-corrected chi connectivity index (χ4v) is 3.26. The number of aromatic nitrogens is 4. The van der Waals surface area contributed by atoms with Crippen LogP contribution in [-0.4, -0.2) is 31.8 Å². The topological polar surface area (TPSA) is 110 Å². The monoisotopic (exact) mass is 401 g/mol. The number of pyridine rings is 1. The molecule has 1 aromatic carbocycles. The highest BCUT2D eigenvalue weighted by Crippen LogP contribution is 2.31. The fourth-order valence-electron chi connectivity index (χ4n) is 3.26. The van der Waals surface area contributed by atoms with E-state index >= 15 is 0 Å². The van der Waals surface area contributed by atoms with Crippen molar-refractivity contribution in [3.05, 3.63) is 66.1 Å². The minimum Gasteiger partial charge on any atom is -0.384 e. The van der Waals surface area contributed by atoms with Crippen molar-refractivity contribution in [2.75, 3.05) is 17.6 Å². The van der Waals surface area contributed by atoms with E-state index < -0.39 is 0 Å². The van der Waals surface area contributed by atoms with Gasteiger partial charge < -0.3 is 16.4 Å². The highest BCUT2D eigenvalue weighted by Gasteiger charge is 2.17. The molecule has 152 valence electrons. The summed E-state index contributed by atoms with van der Waals surface area (Å²) in [5.41, 5.74) is 9.49. The van der Waals surface area contributed by atoms with E-state index in [9.17, 15) is 4.79 Å². The average Bonchev–Trinajstić information content (AvgIpc) is 3.09. The normalized spacial score (nSPS) is 10.9. The second kappa shape index (κ2) is 8.20. The van der Waals surface area contributed by atoms with Crippen LogP contribution in [0.2, 0.25) is 0 Å².